The molecule has 0 saturated heterocycles. The summed E-state index contributed by atoms with van der Waals surface area (Å²) in [5.41, 5.74) is 2.96. The monoisotopic (exact) mass is 365 g/mol. The molecule has 3 nitrogen and oxygen atoms in total. The fourth-order valence-corrected chi connectivity index (χ4v) is 3.62. The van der Waals surface area contributed by atoms with Gasteiger partial charge >= 0.3 is 6.18 Å². The van der Waals surface area contributed by atoms with Crippen LogP contribution in [0.4, 0.5) is 13.2 Å². The van der Waals surface area contributed by atoms with E-state index in [0.29, 0.717) is 10.7 Å². The van der Waals surface area contributed by atoms with Gasteiger partial charge < -0.3 is 9.47 Å². The Balaban J connectivity index is 1.93. The first-order valence-corrected chi connectivity index (χ1v) is 8.26. The lowest BCUT2D eigenvalue weighted by molar-refractivity contribution is -0.141. The minimum absolute atomic E-state index is 0.631. The highest BCUT2D eigenvalue weighted by Gasteiger charge is 2.32. The Morgan fingerprint density at radius 3 is 2.64 bits per heavy atom. The number of benzene rings is 1. The van der Waals surface area contributed by atoms with Crippen molar-refractivity contribution in [1.82, 2.24) is 14.5 Å². The van der Waals surface area contributed by atoms with Gasteiger partial charge in [-0.05, 0) is 42.9 Å². The maximum atomic E-state index is 12.8. The molecule has 0 saturated carbocycles. The number of rotatable bonds is 1. The molecule has 3 heterocycles. The van der Waals surface area contributed by atoms with E-state index in [2.05, 4.69) is 16.9 Å². The van der Waals surface area contributed by atoms with Gasteiger partial charge in [0, 0.05) is 35.6 Å². The number of nitrogens with zero attached hydrogens (tertiary/aromatic N) is 3. The van der Waals surface area contributed by atoms with Crippen LogP contribution in [0.5, 0.6) is 0 Å². The van der Waals surface area contributed by atoms with Crippen LogP contribution in [-0.4, -0.2) is 28.0 Å². The van der Waals surface area contributed by atoms with Crippen molar-refractivity contribution < 1.29 is 13.2 Å². The van der Waals surface area contributed by atoms with Crippen LogP contribution in [0.15, 0.2) is 36.5 Å². The highest BCUT2D eigenvalue weighted by Crippen LogP contribution is 2.35. The second kappa shape index (κ2) is 5.75. The molecule has 1 aromatic carbocycles. The smallest absolute Gasteiger partial charge is 0.312 e. The Hall–Kier alpha value is -2.05. The first kappa shape index (κ1) is 16.4. The molecule has 4 rings (SSSR count). The van der Waals surface area contributed by atoms with Crippen LogP contribution < -0.4 is 0 Å². The lowest BCUT2D eigenvalue weighted by Crippen LogP contribution is -2.27. The summed E-state index contributed by atoms with van der Waals surface area (Å²) < 4.78 is 40.4. The normalized spacial score (nSPS) is 15.6. The fraction of sp³-hybridized carbons (Fsp3) is 0.278. The molecule has 1 aliphatic heterocycles. The SMILES string of the molecule is CN1CCc2c(c3cc(Cl)ccc3n2-c2ccc(C(F)(F)F)nc2)C1. The summed E-state index contributed by atoms with van der Waals surface area (Å²) in [6.45, 7) is 1.68. The molecule has 0 bridgehead atoms. The Morgan fingerprint density at radius 2 is 1.96 bits per heavy atom. The molecule has 0 fully saturated rings. The van der Waals surface area contributed by atoms with E-state index in [9.17, 15) is 13.2 Å². The molecular formula is C18H15ClF3N3. The molecule has 0 N–H and O–H groups in total. The zero-order valence-corrected chi connectivity index (χ0v) is 14.2. The molecule has 1 aliphatic rings. The lowest BCUT2D eigenvalue weighted by atomic mass is 10.1. The van der Waals surface area contributed by atoms with Crippen molar-refractivity contribution in [3.63, 3.8) is 0 Å². The van der Waals surface area contributed by atoms with Crippen molar-refractivity contribution in [3.8, 4) is 5.69 Å². The number of hydrogen-bond acceptors (Lipinski definition) is 2. The van der Waals surface area contributed by atoms with Crippen molar-refractivity contribution >= 4 is 22.5 Å². The van der Waals surface area contributed by atoms with Crippen molar-refractivity contribution in [2.75, 3.05) is 13.6 Å². The van der Waals surface area contributed by atoms with Gasteiger partial charge in [-0.15, -0.1) is 0 Å². The highest BCUT2D eigenvalue weighted by atomic mass is 35.5. The van der Waals surface area contributed by atoms with Crippen molar-refractivity contribution in [2.24, 2.45) is 0 Å². The molecule has 7 heteroatoms. The number of fused-ring (bicyclic) bond motifs is 3. The summed E-state index contributed by atoms with van der Waals surface area (Å²) in [6.07, 6.45) is -2.33. The quantitative estimate of drug-likeness (QED) is 0.624. The summed E-state index contributed by atoms with van der Waals surface area (Å²) in [7, 11) is 2.05. The molecule has 0 spiro atoms. The van der Waals surface area contributed by atoms with Crippen LogP contribution >= 0.6 is 11.6 Å². The third-order valence-corrected chi connectivity index (χ3v) is 4.83. The minimum Gasteiger partial charge on any atom is -0.312 e. The molecule has 0 atom stereocenters. The molecule has 2 aromatic heterocycles. The Morgan fingerprint density at radius 1 is 1.16 bits per heavy atom. The molecular weight excluding hydrogens is 351 g/mol. The van der Waals surface area contributed by atoms with E-state index in [0.717, 1.165) is 42.2 Å². The molecule has 0 aliphatic carbocycles. The predicted octanol–water partition coefficient (Wildman–Crippen LogP) is 4.69. The van der Waals surface area contributed by atoms with Gasteiger partial charge in [-0.2, -0.15) is 13.2 Å². The van der Waals surface area contributed by atoms with Crippen LogP contribution in [0, 0.1) is 0 Å². The third-order valence-electron chi connectivity index (χ3n) is 4.60. The first-order valence-electron chi connectivity index (χ1n) is 7.88. The maximum absolute atomic E-state index is 12.8. The van der Waals surface area contributed by atoms with Crippen LogP contribution in [0.3, 0.4) is 0 Å². The van der Waals surface area contributed by atoms with Crippen molar-refractivity contribution in [3.05, 3.63) is 58.5 Å². The Bertz CT molecular complexity index is 945. The summed E-state index contributed by atoms with van der Waals surface area (Å²) in [5, 5.41) is 1.68. The maximum Gasteiger partial charge on any atom is 0.433 e. The average Bonchev–Trinajstić information content (AvgIpc) is 2.87. The lowest BCUT2D eigenvalue weighted by Gasteiger charge is -2.24. The highest BCUT2D eigenvalue weighted by molar-refractivity contribution is 6.31. The summed E-state index contributed by atoms with van der Waals surface area (Å²) in [5.74, 6) is 0. The van der Waals surface area contributed by atoms with E-state index < -0.39 is 11.9 Å². The van der Waals surface area contributed by atoms with E-state index in [1.165, 1.54) is 17.8 Å². The van der Waals surface area contributed by atoms with E-state index in [1.54, 1.807) is 6.07 Å². The number of aromatic nitrogens is 2. The fourth-order valence-electron chi connectivity index (χ4n) is 3.45. The first-order chi connectivity index (χ1) is 11.8. The van der Waals surface area contributed by atoms with Gasteiger partial charge in [0.1, 0.15) is 5.69 Å². The molecule has 0 unspecified atom stereocenters. The van der Waals surface area contributed by atoms with Crippen LogP contribution in [0.1, 0.15) is 17.0 Å². The largest absolute Gasteiger partial charge is 0.433 e. The number of pyridine rings is 1. The second-order valence-electron chi connectivity index (χ2n) is 6.31. The number of alkyl halides is 3. The van der Waals surface area contributed by atoms with Gasteiger partial charge in [0.05, 0.1) is 17.4 Å². The van der Waals surface area contributed by atoms with Crippen molar-refractivity contribution in [1.29, 1.82) is 0 Å². The molecule has 3 aromatic rings. The van der Waals surface area contributed by atoms with Gasteiger partial charge in [0.2, 0.25) is 0 Å². The van der Waals surface area contributed by atoms with Gasteiger partial charge in [0.15, 0.2) is 0 Å². The molecule has 130 valence electrons. The second-order valence-corrected chi connectivity index (χ2v) is 6.75. The molecule has 25 heavy (non-hydrogen) atoms. The van der Waals surface area contributed by atoms with Gasteiger partial charge in [0.25, 0.3) is 0 Å². The zero-order chi connectivity index (χ0) is 17.8. The van der Waals surface area contributed by atoms with Gasteiger partial charge in [-0.3, -0.25) is 0 Å². The predicted molar refractivity (Wildman–Crippen MR) is 91.1 cm³/mol. The van der Waals surface area contributed by atoms with Crippen LogP contribution in [0.2, 0.25) is 5.02 Å². The van der Waals surface area contributed by atoms with Gasteiger partial charge in [-0.1, -0.05) is 11.6 Å². The van der Waals surface area contributed by atoms with E-state index in [4.69, 9.17) is 11.6 Å². The summed E-state index contributed by atoms with van der Waals surface area (Å²) in [4.78, 5) is 5.83. The van der Waals surface area contributed by atoms with E-state index in [-0.39, 0.29) is 0 Å². The van der Waals surface area contributed by atoms with E-state index >= 15 is 0 Å². The molecule has 0 amide bonds. The van der Waals surface area contributed by atoms with Crippen LogP contribution in [0.25, 0.3) is 16.6 Å². The summed E-state index contributed by atoms with van der Waals surface area (Å²) in [6, 6.07) is 8.13. The summed E-state index contributed by atoms with van der Waals surface area (Å²) >= 11 is 6.16. The zero-order valence-electron chi connectivity index (χ0n) is 13.4. The van der Waals surface area contributed by atoms with Crippen LogP contribution in [-0.2, 0) is 19.1 Å². The number of halogens is 4. The Labute approximate surface area is 147 Å². The molecule has 0 radical (unpaired) electrons. The minimum atomic E-state index is -4.44. The van der Waals surface area contributed by atoms with Crippen molar-refractivity contribution in [2.45, 2.75) is 19.1 Å². The topological polar surface area (TPSA) is 21.1 Å². The standard InChI is InChI=1S/C18H15ClF3N3/c1-24-7-6-16-14(10-24)13-8-11(19)2-4-15(13)25(16)12-3-5-17(23-9-12)18(20,21)22/h2-5,8-9H,6-7,10H2,1H3. The van der Waals surface area contributed by atoms with E-state index in [1.807, 2.05) is 16.7 Å². The Kier molecular flexibility index (Phi) is 3.77. The number of likely N-dealkylation sites (N-methyl/N-ethyl adjacent to an activating group) is 1. The average molecular weight is 366 g/mol. The number of hydrogen-bond donors (Lipinski definition) is 0. The van der Waals surface area contributed by atoms with Gasteiger partial charge in [-0.25, -0.2) is 4.98 Å². The third kappa shape index (κ3) is 2.79.